The first-order valence-electron chi connectivity index (χ1n) is 6.49. The third kappa shape index (κ3) is 5.72. The van der Waals surface area contributed by atoms with Gasteiger partial charge in [-0.1, -0.05) is 18.2 Å². The molecule has 1 aromatic rings. The molecule has 0 aliphatic rings. The average Bonchev–Trinajstić information content (AvgIpc) is 2.38. The lowest BCUT2D eigenvalue weighted by Gasteiger charge is -2.20. The van der Waals surface area contributed by atoms with Crippen molar-refractivity contribution in [1.29, 1.82) is 0 Å². The number of amides is 1. The van der Waals surface area contributed by atoms with Crippen LogP contribution in [0, 0.1) is 0 Å². The van der Waals surface area contributed by atoms with Crippen LogP contribution < -0.4 is 16.8 Å². The van der Waals surface area contributed by atoms with Crippen LogP contribution in [0.5, 0.6) is 0 Å². The zero-order valence-corrected chi connectivity index (χ0v) is 11.4. The molecule has 0 heterocycles. The molecule has 0 spiro atoms. The van der Waals surface area contributed by atoms with Gasteiger partial charge in [-0.15, -0.1) is 0 Å². The van der Waals surface area contributed by atoms with Gasteiger partial charge in [-0.3, -0.25) is 4.79 Å². The molecule has 0 saturated heterocycles. The molecule has 0 saturated carbocycles. The summed E-state index contributed by atoms with van der Waals surface area (Å²) in [7, 11) is 1.67. The summed E-state index contributed by atoms with van der Waals surface area (Å²) in [6.07, 6.45) is 2.09. The number of nitrogens with one attached hydrogen (secondary N) is 1. The first-order chi connectivity index (χ1) is 9.17. The van der Waals surface area contributed by atoms with Crippen LogP contribution in [0.4, 0.5) is 5.69 Å². The maximum Gasteiger partial charge on any atom is 0.221 e. The molecule has 5 N–H and O–H groups in total. The van der Waals surface area contributed by atoms with E-state index in [2.05, 4.69) is 5.32 Å². The SMILES string of the molecule is COCC(CCCN)Nc1ccccc1CC(N)=O. The molecule has 0 aliphatic carbocycles. The number of carbonyl (C=O) groups is 1. The number of hydrogen-bond acceptors (Lipinski definition) is 4. The Morgan fingerprint density at radius 1 is 1.42 bits per heavy atom. The highest BCUT2D eigenvalue weighted by molar-refractivity contribution is 5.78. The van der Waals surface area contributed by atoms with E-state index < -0.39 is 0 Å². The Morgan fingerprint density at radius 3 is 2.79 bits per heavy atom. The van der Waals surface area contributed by atoms with Crippen molar-refractivity contribution < 1.29 is 9.53 Å². The van der Waals surface area contributed by atoms with Crippen LogP contribution in [0.1, 0.15) is 18.4 Å². The number of hydrogen-bond donors (Lipinski definition) is 3. The number of para-hydroxylation sites is 1. The standard InChI is InChI=1S/C14H23N3O2/c1-19-10-12(6-4-8-15)17-13-7-3-2-5-11(13)9-14(16)18/h2-3,5,7,12,17H,4,6,8-10,15H2,1H3,(H2,16,18). The van der Waals surface area contributed by atoms with Crippen molar-refractivity contribution in [2.24, 2.45) is 11.5 Å². The highest BCUT2D eigenvalue weighted by Gasteiger charge is 2.11. The van der Waals surface area contributed by atoms with Crippen molar-refractivity contribution in [3.63, 3.8) is 0 Å². The largest absolute Gasteiger partial charge is 0.383 e. The summed E-state index contributed by atoms with van der Waals surface area (Å²) < 4.78 is 5.20. The number of methoxy groups -OCH3 is 1. The minimum atomic E-state index is -0.334. The number of ether oxygens (including phenoxy) is 1. The molecule has 0 bridgehead atoms. The van der Waals surface area contributed by atoms with E-state index in [-0.39, 0.29) is 18.4 Å². The number of rotatable bonds is 9. The molecule has 1 aromatic carbocycles. The highest BCUT2D eigenvalue weighted by Crippen LogP contribution is 2.18. The molecule has 1 amide bonds. The predicted octanol–water partition coefficient (Wildman–Crippen LogP) is 0.880. The van der Waals surface area contributed by atoms with Gasteiger partial charge in [0.2, 0.25) is 5.91 Å². The van der Waals surface area contributed by atoms with E-state index in [1.165, 1.54) is 0 Å². The lowest BCUT2D eigenvalue weighted by Crippen LogP contribution is -2.27. The molecule has 0 fully saturated rings. The van der Waals surface area contributed by atoms with E-state index >= 15 is 0 Å². The van der Waals surface area contributed by atoms with Gasteiger partial charge in [0, 0.05) is 18.8 Å². The summed E-state index contributed by atoms with van der Waals surface area (Å²) in [6.45, 7) is 1.26. The minimum absolute atomic E-state index is 0.183. The molecule has 0 aromatic heterocycles. The van der Waals surface area contributed by atoms with Crippen LogP contribution in [-0.2, 0) is 16.0 Å². The van der Waals surface area contributed by atoms with Crippen LogP contribution in [-0.4, -0.2) is 32.2 Å². The maximum absolute atomic E-state index is 11.1. The molecular weight excluding hydrogens is 242 g/mol. The van der Waals surface area contributed by atoms with Gasteiger partial charge >= 0.3 is 0 Å². The number of nitrogens with two attached hydrogens (primary N) is 2. The van der Waals surface area contributed by atoms with Gasteiger partial charge in [0.15, 0.2) is 0 Å². The normalized spacial score (nSPS) is 12.1. The Balaban J connectivity index is 2.73. The lowest BCUT2D eigenvalue weighted by atomic mass is 10.1. The molecule has 1 rings (SSSR count). The van der Waals surface area contributed by atoms with Crippen LogP contribution in [0.25, 0.3) is 0 Å². The third-order valence-corrected chi connectivity index (χ3v) is 2.87. The van der Waals surface area contributed by atoms with E-state index in [4.69, 9.17) is 16.2 Å². The predicted molar refractivity (Wildman–Crippen MR) is 76.9 cm³/mol. The Bertz CT molecular complexity index is 396. The van der Waals surface area contributed by atoms with Gasteiger partial charge in [-0.2, -0.15) is 0 Å². The molecule has 0 aliphatic heterocycles. The number of carbonyl (C=O) groups excluding carboxylic acids is 1. The third-order valence-electron chi connectivity index (χ3n) is 2.87. The molecule has 5 nitrogen and oxygen atoms in total. The minimum Gasteiger partial charge on any atom is -0.383 e. The molecule has 19 heavy (non-hydrogen) atoms. The lowest BCUT2D eigenvalue weighted by molar-refractivity contribution is -0.117. The topological polar surface area (TPSA) is 90.4 Å². The fourth-order valence-corrected chi connectivity index (χ4v) is 1.99. The number of primary amides is 1. The Hall–Kier alpha value is -1.59. The van der Waals surface area contributed by atoms with Gasteiger partial charge < -0.3 is 21.5 Å². The molecule has 0 radical (unpaired) electrons. The van der Waals surface area contributed by atoms with Crippen molar-refractivity contribution in [1.82, 2.24) is 0 Å². The second-order valence-corrected chi connectivity index (χ2v) is 4.53. The van der Waals surface area contributed by atoms with Crippen molar-refractivity contribution in [3.8, 4) is 0 Å². The smallest absolute Gasteiger partial charge is 0.221 e. The molecule has 1 unspecified atom stereocenters. The summed E-state index contributed by atoms with van der Waals surface area (Å²) in [5, 5.41) is 3.40. The molecular formula is C14H23N3O2. The quantitative estimate of drug-likeness (QED) is 0.618. The van der Waals surface area contributed by atoms with Crippen LogP contribution in [0.3, 0.4) is 0 Å². The first-order valence-corrected chi connectivity index (χ1v) is 6.49. The molecule has 1 atom stereocenters. The fourth-order valence-electron chi connectivity index (χ4n) is 1.99. The second kappa shape index (κ2) is 8.50. The highest BCUT2D eigenvalue weighted by atomic mass is 16.5. The number of anilines is 1. The zero-order valence-electron chi connectivity index (χ0n) is 11.4. The summed E-state index contributed by atoms with van der Waals surface area (Å²) in [4.78, 5) is 11.1. The summed E-state index contributed by atoms with van der Waals surface area (Å²) in [6, 6.07) is 7.86. The van der Waals surface area contributed by atoms with Gasteiger partial charge in [0.05, 0.1) is 13.0 Å². The summed E-state index contributed by atoms with van der Waals surface area (Å²) in [5.74, 6) is -0.334. The maximum atomic E-state index is 11.1. The van der Waals surface area contributed by atoms with Crippen molar-refractivity contribution >= 4 is 11.6 Å². The monoisotopic (exact) mass is 265 g/mol. The van der Waals surface area contributed by atoms with E-state index in [1.807, 2.05) is 24.3 Å². The van der Waals surface area contributed by atoms with Gasteiger partial charge in [0.25, 0.3) is 0 Å². The van der Waals surface area contributed by atoms with Crippen LogP contribution in [0.15, 0.2) is 24.3 Å². The van der Waals surface area contributed by atoms with E-state index in [1.54, 1.807) is 7.11 Å². The Labute approximate surface area is 114 Å². The fraction of sp³-hybridized carbons (Fsp3) is 0.500. The van der Waals surface area contributed by atoms with Crippen molar-refractivity contribution in [2.45, 2.75) is 25.3 Å². The van der Waals surface area contributed by atoms with E-state index in [9.17, 15) is 4.79 Å². The van der Waals surface area contributed by atoms with Crippen molar-refractivity contribution in [2.75, 3.05) is 25.6 Å². The van der Waals surface area contributed by atoms with Gasteiger partial charge in [0.1, 0.15) is 0 Å². The summed E-state index contributed by atoms with van der Waals surface area (Å²) in [5.41, 5.74) is 12.6. The van der Waals surface area contributed by atoms with E-state index in [0.717, 1.165) is 24.1 Å². The van der Waals surface area contributed by atoms with Crippen molar-refractivity contribution in [3.05, 3.63) is 29.8 Å². The Morgan fingerprint density at radius 2 is 2.16 bits per heavy atom. The van der Waals surface area contributed by atoms with Crippen LogP contribution >= 0.6 is 0 Å². The average molecular weight is 265 g/mol. The second-order valence-electron chi connectivity index (χ2n) is 4.53. The zero-order chi connectivity index (χ0) is 14.1. The summed E-state index contributed by atoms with van der Waals surface area (Å²) >= 11 is 0. The van der Waals surface area contributed by atoms with Gasteiger partial charge in [-0.05, 0) is 31.0 Å². The van der Waals surface area contributed by atoms with Crippen LogP contribution in [0.2, 0.25) is 0 Å². The first kappa shape index (κ1) is 15.5. The molecule has 106 valence electrons. The van der Waals surface area contributed by atoms with E-state index in [0.29, 0.717) is 13.2 Å². The Kier molecular flexibility index (Phi) is 6.92. The molecule has 5 heteroatoms. The number of benzene rings is 1. The van der Waals surface area contributed by atoms with Gasteiger partial charge in [-0.25, -0.2) is 0 Å².